The van der Waals surface area contributed by atoms with Gasteiger partial charge in [-0.3, -0.25) is 4.90 Å². The molecule has 2 atom stereocenters. The minimum atomic E-state index is -0.905. The second-order valence-electron chi connectivity index (χ2n) is 11.2. The van der Waals surface area contributed by atoms with Crippen molar-refractivity contribution < 1.29 is 24.1 Å². The van der Waals surface area contributed by atoms with Crippen molar-refractivity contribution in [2.24, 2.45) is 11.8 Å². The third-order valence-corrected chi connectivity index (χ3v) is 8.62. The third-order valence-electron chi connectivity index (χ3n) is 8.62. The van der Waals surface area contributed by atoms with E-state index in [1.165, 1.54) is 19.3 Å². The molecule has 0 saturated carbocycles. The lowest BCUT2D eigenvalue weighted by Crippen LogP contribution is -2.53. The van der Waals surface area contributed by atoms with Crippen LogP contribution in [0.3, 0.4) is 0 Å². The van der Waals surface area contributed by atoms with Crippen LogP contribution in [0.15, 0.2) is 54.6 Å². The van der Waals surface area contributed by atoms with E-state index in [9.17, 15) is 9.90 Å². The van der Waals surface area contributed by atoms with Crippen LogP contribution in [0.25, 0.3) is 0 Å². The smallest absolute Gasteiger partial charge is 0.412 e. The lowest BCUT2D eigenvalue weighted by Gasteiger charge is -2.49. The monoisotopic (exact) mass is 536 g/mol. The molecule has 2 aromatic rings. The van der Waals surface area contributed by atoms with E-state index in [0.29, 0.717) is 12.5 Å². The first kappa shape index (κ1) is 27.9. The molecule has 0 radical (unpaired) electrons. The number of hydrogen-bond donors (Lipinski definition) is 1. The van der Waals surface area contributed by atoms with Gasteiger partial charge in [-0.15, -0.1) is 0 Å². The molecule has 2 aromatic carbocycles. The minimum absolute atomic E-state index is 0.0230. The summed E-state index contributed by atoms with van der Waals surface area (Å²) >= 11 is 0. The van der Waals surface area contributed by atoms with E-state index in [0.717, 1.165) is 88.4 Å². The van der Waals surface area contributed by atoms with Crippen molar-refractivity contribution in [3.63, 3.8) is 0 Å². The Morgan fingerprint density at radius 3 is 2.36 bits per heavy atom. The molecule has 0 aromatic heterocycles. The quantitative estimate of drug-likeness (QED) is 0.270. The molecule has 39 heavy (non-hydrogen) atoms. The maximum absolute atomic E-state index is 12.7. The molecule has 1 unspecified atom stereocenters. The van der Waals surface area contributed by atoms with Gasteiger partial charge in [-0.2, -0.15) is 0 Å². The maximum atomic E-state index is 12.7. The molecule has 4 saturated heterocycles. The number of ether oxygens (including phenoxy) is 3. The van der Waals surface area contributed by atoms with Crippen molar-refractivity contribution in [3.8, 4) is 5.75 Å². The Balaban J connectivity index is 1.18. The predicted octanol–water partition coefficient (Wildman–Crippen LogP) is 6.74. The first-order chi connectivity index (χ1) is 19.2. The van der Waals surface area contributed by atoms with Gasteiger partial charge in [-0.25, -0.2) is 4.79 Å². The average molecular weight is 537 g/mol. The van der Waals surface area contributed by atoms with Crippen molar-refractivity contribution in [1.82, 2.24) is 4.90 Å². The number of unbranched alkanes of at least 4 members (excludes halogenated alkanes) is 5. The number of para-hydroxylation sites is 1. The van der Waals surface area contributed by atoms with Crippen LogP contribution in [-0.4, -0.2) is 61.8 Å². The Kier molecular flexibility index (Phi) is 10.1. The summed E-state index contributed by atoms with van der Waals surface area (Å²) in [4.78, 5) is 16.8. The fourth-order valence-corrected chi connectivity index (χ4v) is 6.61. The highest BCUT2D eigenvalue weighted by molar-refractivity contribution is 5.87. The van der Waals surface area contributed by atoms with Gasteiger partial charge < -0.3 is 24.2 Å². The van der Waals surface area contributed by atoms with Gasteiger partial charge in [0.15, 0.2) is 6.29 Å². The number of hydrogen-bond acceptors (Lipinski definition) is 5. The Bertz CT molecular complexity index is 1020. The van der Waals surface area contributed by atoms with Crippen LogP contribution in [0.4, 0.5) is 10.5 Å². The molecular weight excluding hydrogens is 492 g/mol. The number of fused-ring (bicyclic) bond motifs is 3. The van der Waals surface area contributed by atoms with Crippen LogP contribution in [0.2, 0.25) is 0 Å². The van der Waals surface area contributed by atoms with Crippen molar-refractivity contribution in [1.29, 1.82) is 0 Å². The number of piperidine rings is 3. The summed E-state index contributed by atoms with van der Waals surface area (Å²) in [6.45, 7) is 5.34. The SMILES string of the molecule is O=C(O)N(c1ccccc1)[C@@H](c1cccc(OCCCCCCCCC2OCCO2)c1)C1CN2CCC1CC2. The molecule has 4 fully saturated rings. The molecule has 212 valence electrons. The number of benzene rings is 2. The zero-order valence-corrected chi connectivity index (χ0v) is 23.1. The van der Waals surface area contributed by atoms with Gasteiger partial charge in [-0.1, -0.05) is 56.0 Å². The first-order valence-electron chi connectivity index (χ1n) is 14.9. The Hall–Kier alpha value is -2.61. The van der Waals surface area contributed by atoms with E-state index in [-0.39, 0.29) is 18.2 Å². The Morgan fingerprint density at radius 2 is 1.67 bits per heavy atom. The minimum Gasteiger partial charge on any atom is -0.494 e. The second-order valence-corrected chi connectivity index (χ2v) is 11.2. The van der Waals surface area contributed by atoms with Gasteiger partial charge in [0, 0.05) is 12.2 Å². The second kappa shape index (κ2) is 14.1. The zero-order chi connectivity index (χ0) is 26.9. The maximum Gasteiger partial charge on any atom is 0.412 e. The number of rotatable bonds is 14. The number of carboxylic acid groups (broad SMARTS) is 1. The van der Waals surface area contributed by atoms with Gasteiger partial charge in [0.2, 0.25) is 0 Å². The predicted molar refractivity (Wildman–Crippen MR) is 152 cm³/mol. The lowest BCUT2D eigenvalue weighted by atomic mass is 9.73. The fourth-order valence-electron chi connectivity index (χ4n) is 6.61. The number of anilines is 1. The number of carbonyl (C=O) groups is 1. The lowest BCUT2D eigenvalue weighted by molar-refractivity contribution is -0.0480. The highest BCUT2D eigenvalue weighted by atomic mass is 16.7. The molecule has 7 nitrogen and oxygen atoms in total. The van der Waals surface area contributed by atoms with Crippen LogP contribution >= 0.6 is 0 Å². The van der Waals surface area contributed by atoms with E-state index in [1.807, 2.05) is 42.5 Å². The van der Waals surface area contributed by atoms with E-state index >= 15 is 0 Å². The molecule has 4 aliphatic heterocycles. The normalized spacial score (nSPS) is 23.5. The summed E-state index contributed by atoms with van der Waals surface area (Å²) in [6.07, 6.45) is 9.39. The van der Waals surface area contributed by atoms with E-state index in [4.69, 9.17) is 14.2 Å². The topological polar surface area (TPSA) is 71.5 Å². The van der Waals surface area contributed by atoms with Crippen LogP contribution < -0.4 is 9.64 Å². The molecule has 4 heterocycles. The molecule has 4 aliphatic rings. The number of amides is 1. The fraction of sp³-hybridized carbons (Fsp3) is 0.594. The molecule has 6 rings (SSSR count). The van der Waals surface area contributed by atoms with Crippen LogP contribution in [0, 0.1) is 11.8 Å². The Labute approximate surface area is 233 Å². The van der Waals surface area contributed by atoms with E-state index in [2.05, 4.69) is 17.0 Å². The highest BCUT2D eigenvalue weighted by Crippen LogP contribution is 2.44. The molecule has 0 aliphatic carbocycles. The standard InChI is InChI=1S/C32H44N2O5/c35-32(36)34(27-12-6-5-7-13-27)31(29-24-33-18-16-25(29)17-19-33)26-11-10-14-28(23-26)37-20-9-4-2-1-3-8-15-30-38-21-22-39-30/h5-7,10-14,23,25,29-31H,1-4,8-9,15-22,24H2,(H,35,36)/t29?,31-/m0/s1. The summed E-state index contributed by atoms with van der Waals surface area (Å²) in [6, 6.07) is 17.5. The summed E-state index contributed by atoms with van der Waals surface area (Å²) in [5, 5.41) is 10.4. The van der Waals surface area contributed by atoms with Crippen molar-refractivity contribution >= 4 is 11.8 Å². The molecule has 0 spiro atoms. The van der Waals surface area contributed by atoms with Crippen LogP contribution in [-0.2, 0) is 9.47 Å². The van der Waals surface area contributed by atoms with Crippen molar-refractivity contribution in [2.75, 3.05) is 44.4 Å². The first-order valence-corrected chi connectivity index (χ1v) is 14.9. The molecule has 2 bridgehead atoms. The zero-order valence-electron chi connectivity index (χ0n) is 23.1. The summed E-state index contributed by atoms with van der Waals surface area (Å²) in [5.74, 6) is 1.62. The summed E-state index contributed by atoms with van der Waals surface area (Å²) in [5.41, 5.74) is 1.74. The van der Waals surface area contributed by atoms with E-state index < -0.39 is 6.09 Å². The molecule has 7 heteroatoms. The average Bonchev–Trinajstić information content (AvgIpc) is 3.49. The van der Waals surface area contributed by atoms with Gasteiger partial charge in [0.25, 0.3) is 0 Å². The molecular formula is C32H44N2O5. The van der Waals surface area contributed by atoms with Crippen molar-refractivity contribution in [3.05, 3.63) is 60.2 Å². The van der Waals surface area contributed by atoms with Crippen molar-refractivity contribution in [2.45, 2.75) is 70.1 Å². The summed E-state index contributed by atoms with van der Waals surface area (Å²) in [7, 11) is 0. The highest BCUT2D eigenvalue weighted by Gasteiger charge is 2.43. The Morgan fingerprint density at radius 1 is 0.949 bits per heavy atom. The summed E-state index contributed by atoms with van der Waals surface area (Å²) < 4.78 is 17.2. The molecule has 1 N–H and O–H groups in total. The van der Waals surface area contributed by atoms with Crippen LogP contribution in [0.1, 0.15) is 69.4 Å². The van der Waals surface area contributed by atoms with Gasteiger partial charge in [0.1, 0.15) is 5.75 Å². The third kappa shape index (κ3) is 7.53. The number of nitrogens with zero attached hydrogens (tertiary/aromatic N) is 2. The van der Waals surface area contributed by atoms with E-state index in [1.54, 1.807) is 4.90 Å². The molecule has 1 amide bonds. The largest absolute Gasteiger partial charge is 0.494 e. The van der Waals surface area contributed by atoms with Crippen LogP contribution in [0.5, 0.6) is 5.75 Å². The van der Waals surface area contributed by atoms with Gasteiger partial charge >= 0.3 is 6.09 Å². The van der Waals surface area contributed by atoms with Gasteiger partial charge in [-0.05, 0) is 86.9 Å². The van der Waals surface area contributed by atoms with Gasteiger partial charge in [0.05, 0.1) is 25.9 Å².